The molecule has 1 heterocycles. The number of halogens is 3. The van der Waals surface area contributed by atoms with Gasteiger partial charge in [0, 0.05) is 31.7 Å². The molecule has 1 saturated heterocycles. The number of nitrogens with zero attached hydrogens (tertiary/aromatic N) is 2. The number of rotatable bonds is 8. The Kier molecular flexibility index (Phi) is 11.4. The summed E-state index contributed by atoms with van der Waals surface area (Å²) in [5.74, 6) is 0.0134. The van der Waals surface area contributed by atoms with E-state index < -0.39 is 22.7 Å². The minimum Gasteiger partial charge on any atom is -0.341 e. The van der Waals surface area contributed by atoms with Gasteiger partial charge in [0.15, 0.2) is 0 Å². The Morgan fingerprint density at radius 2 is 1.71 bits per heavy atom. The Labute approximate surface area is 209 Å². The number of alkyl halides is 3. The van der Waals surface area contributed by atoms with Gasteiger partial charge in [-0.05, 0) is 50.5 Å². The number of carbonyl (C=O) groups is 1. The van der Waals surface area contributed by atoms with Crippen molar-refractivity contribution in [3.05, 3.63) is 65.7 Å². The normalized spacial score (nSPS) is 15.6. The van der Waals surface area contributed by atoms with Gasteiger partial charge in [-0.2, -0.15) is 13.2 Å². The number of benzene rings is 2. The summed E-state index contributed by atoms with van der Waals surface area (Å²) in [7, 11) is -1.72. The number of hydrogen-bond donors (Lipinski definition) is 1. The van der Waals surface area contributed by atoms with Crippen LogP contribution in [-0.4, -0.2) is 51.0 Å². The van der Waals surface area contributed by atoms with Crippen LogP contribution in [0.3, 0.4) is 0 Å². The zero-order valence-electron chi connectivity index (χ0n) is 20.8. The molecule has 0 saturated carbocycles. The minimum atomic E-state index is -4.48. The van der Waals surface area contributed by atoms with E-state index in [1.165, 1.54) is 12.1 Å². The average Bonchev–Trinajstić information content (AvgIpc) is 2.85. The second kappa shape index (κ2) is 13.8. The fourth-order valence-electron chi connectivity index (χ4n) is 4.04. The van der Waals surface area contributed by atoms with Crippen molar-refractivity contribution in [1.29, 1.82) is 0 Å². The first kappa shape index (κ1) is 29.0. The molecule has 0 spiro atoms. The number of hydrogen-bond acceptors (Lipinski definition) is 3. The number of amides is 1. The second-order valence-corrected chi connectivity index (χ2v) is 9.82. The van der Waals surface area contributed by atoms with E-state index in [0.717, 1.165) is 17.7 Å². The zero-order chi connectivity index (χ0) is 26.0. The van der Waals surface area contributed by atoms with Crippen LogP contribution in [0.1, 0.15) is 51.7 Å². The van der Waals surface area contributed by atoms with E-state index >= 15 is 0 Å². The van der Waals surface area contributed by atoms with Gasteiger partial charge in [0.05, 0.1) is 17.0 Å². The molecule has 2 aromatic carbocycles. The maximum atomic E-state index is 13.2. The van der Waals surface area contributed by atoms with Gasteiger partial charge in [-0.3, -0.25) is 4.79 Å². The van der Waals surface area contributed by atoms with Crippen molar-refractivity contribution in [3.8, 4) is 0 Å². The standard InChI is InChI=1S/C24H30F3N3O2S.C2H6/c1-18(2)30(33(32)22-10-6-9-20(15-22)24(25,26)27)21-11-13-29(14-12-21)23(31)17-28-16-19-7-4-3-5-8-19;1-2/h3-10,15,18,21,28H,11-14,16-17H2,1-2H3;1-2H3. The summed E-state index contributed by atoms with van der Waals surface area (Å²) in [6, 6.07) is 14.3. The lowest BCUT2D eigenvalue weighted by molar-refractivity contribution is -0.137. The van der Waals surface area contributed by atoms with Crippen LogP contribution >= 0.6 is 0 Å². The molecule has 0 bridgehead atoms. The van der Waals surface area contributed by atoms with E-state index in [1.807, 2.05) is 58.0 Å². The predicted molar refractivity (Wildman–Crippen MR) is 134 cm³/mol. The minimum absolute atomic E-state index is 0.0134. The van der Waals surface area contributed by atoms with Gasteiger partial charge in [0.1, 0.15) is 11.0 Å². The molecule has 0 radical (unpaired) electrons. The fourth-order valence-corrected chi connectivity index (χ4v) is 5.57. The van der Waals surface area contributed by atoms with Crippen LogP contribution < -0.4 is 5.32 Å². The van der Waals surface area contributed by atoms with Gasteiger partial charge >= 0.3 is 6.18 Å². The third kappa shape index (κ3) is 8.44. The first-order valence-electron chi connectivity index (χ1n) is 12.1. The van der Waals surface area contributed by atoms with Gasteiger partial charge in [-0.25, -0.2) is 8.51 Å². The van der Waals surface area contributed by atoms with Gasteiger partial charge in [0.2, 0.25) is 5.91 Å². The third-order valence-electron chi connectivity index (χ3n) is 5.69. The molecule has 1 fully saturated rings. The number of piperidine rings is 1. The lowest BCUT2D eigenvalue weighted by Crippen LogP contribution is -2.50. The number of carbonyl (C=O) groups excluding carboxylic acids is 1. The monoisotopic (exact) mass is 511 g/mol. The van der Waals surface area contributed by atoms with Crippen molar-refractivity contribution in [2.45, 2.75) is 70.2 Å². The maximum absolute atomic E-state index is 13.2. The summed E-state index contributed by atoms with van der Waals surface area (Å²) < 4.78 is 54.3. The lowest BCUT2D eigenvalue weighted by Gasteiger charge is -2.39. The fraction of sp³-hybridized carbons (Fsp3) is 0.500. The van der Waals surface area contributed by atoms with Crippen LogP contribution in [0, 0.1) is 0 Å². The molecule has 9 heteroatoms. The summed E-state index contributed by atoms with van der Waals surface area (Å²) in [5, 5.41) is 3.17. The Balaban J connectivity index is 0.00000210. The Bertz CT molecular complexity index is 946. The highest BCUT2D eigenvalue weighted by Crippen LogP contribution is 2.31. The summed E-state index contributed by atoms with van der Waals surface area (Å²) >= 11 is 0. The van der Waals surface area contributed by atoms with Crippen molar-refractivity contribution < 1.29 is 22.2 Å². The van der Waals surface area contributed by atoms with E-state index in [1.54, 1.807) is 9.21 Å². The van der Waals surface area contributed by atoms with Gasteiger partial charge in [-0.1, -0.05) is 50.2 Å². The molecule has 1 amide bonds. The quantitative estimate of drug-likeness (QED) is 0.527. The average molecular weight is 512 g/mol. The zero-order valence-corrected chi connectivity index (χ0v) is 21.7. The molecule has 3 rings (SSSR count). The van der Waals surface area contributed by atoms with Crippen molar-refractivity contribution in [2.75, 3.05) is 19.6 Å². The molecule has 2 aromatic rings. The summed E-state index contributed by atoms with van der Waals surface area (Å²) in [6.45, 7) is 9.68. The second-order valence-electron chi connectivity index (χ2n) is 8.43. The van der Waals surface area contributed by atoms with Crippen LogP contribution in [0.5, 0.6) is 0 Å². The van der Waals surface area contributed by atoms with Crippen molar-refractivity contribution in [3.63, 3.8) is 0 Å². The van der Waals surface area contributed by atoms with Crippen LogP contribution in [0.25, 0.3) is 0 Å². The Hall–Kier alpha value is -2.23. The van der Waals surface area contributed by atoms with Crippen LogP contribution in [0.2, 0.25) is 0 Å². The first-order chi connectivity index (χ1) is 16.7. The first-order valence-corrected chi connectivity index (χ1v) is 13.2. The van der Waals surface area contributed by atoms with E-state index in [-0.39, 0.29) is 29.4 Å². The molecule has 1 atom stereocenters. The van der Waals surface area contributed by atoms with Gasteiger partial charge in [0.25, 0.3) is 0 Å². The van der Waals surface area contributed by atoms with Crippen LogP contribution in [0.15, 0.2) is 59.5 Å². The van der Waals surface area contributed by atoms with Crippen LogP contribution in [0.4, 0.5) is 13.2 Å². The molecule has 194 valence electrons. The smallest absolute Gasteiger partial charge is 0.341 e. The predicted octanol–water partition coefficient (Wildman–Crippen LogP) is 5.25. The van der Waals surface area contributed by atoms with Gasteiger partial charge in [-0.15, -0.1) is 0 Å². The molecule has 5 nitrogen and oxygen atoms in total. The maximum Gasteiger partial charge on any atom is 0.416 e. The van der Waals surface area contributed by atoms with Crippen molar-refractivity contribution in [2.24, 2.45) is 0 Å². The van der Waals surface area contributed by atoms with E-state index in [4.69, 9.17) is 0 Å². The van der Waals surface area contributed by atoms with E-state index in [9.17, 15) is 22.2 Å². The van der Waals surface area contributed by atoms with Crippen molar-refractivity contribution >= 4 is 16.9 Å². The molecule has 1 aliphatic heterocycles. The molecule has 1 N–H and O–H groups in total. The number of nitrogens with one attached hydrogen (secondary N) is 1. The molecule has 0 aliphatic carbocycles. The summed E-state index contributed by atoms with van der Waals surface area (Å²) in [5.41, 5.74) is 0.300. The highest BCUT2D eigenvalue weighted by atomic mass is 32.2. The largest absolute Gasteiger partial charge is 0.416 e. The molecular formula is C26H36F3N3O2S. The van der Waals surface area contributed by atoms with Crippen LogP contribution in [-0.2, 0) is 28.5 Å². The molecule has 35 heavy (non-hydrogen) atoms. The Morgan fingerprint density at radius 1 is 1.09 bits per heavy atom. The summed E-state index contributed by atoms with van der Waals surface area (Å²) in [6.07, 6.45) is -3.25. The molecule has 1 aliphatic rings. The highest BCUT2D eigenvalue weighted by molar-refractivity contribution is 7.82. The lowest BCUT2D eigenvalue weighted by atomic mass is 10.0. The molecule has 0 aromatic heterocycles. The molecule has 1 unspecified atom stereocenters. The highest BCUT2D eigenvalue weighted by Gasteiger charge is 2.34. The Morgan fingerprint density at radius 3 is 2.29 bits per heavy atom. The third-order valence-corrected chi connectivity index (χ3v) is 7.45. The SMILES string of the molecule is CC.CC(C)N(C1CCN(C(=O)CNCc2ccccc2)CC1)S(=O)c1cccc(C(F)(F)F)c1. The topological polar surface area (TPSA) is 52.6 Å². The van der Waals surface area contributed by atoms with Gasteiger partial charge < -0.3 is 10.2 Å². The number of likely N-dealkylation sites (tertiary alicyclic amines) is 1. The summed E-state index contributed by atoms with van der Waals surface area (Å²) in [4.78, 5) is 14.5. The van der Waals surface area contributed by atoms with Crippen molar-refractivity contribution in [1.82, 2.24) is 14.5 Å². The van der Waals surface area contributed by atoms with E-state index in [2.05, 4.69) is 5.32 Å². The van der Waals surface area contributed by atoms with E-state index in [0.29, 0.717) is 32.5 Å². The molecular weight excluding hydrogens is 475 g/mol.